The van der Waals surface area contributed by atoms with Gasteiger partial charge in [-0.2, -0.15) is 0 Å². The predicted molar refractivity (Wildman–Crippen MR) is 139 cm³/mol. The second kappa shape index (κ2) is 8.96. The predicted octanol–water partition coefficient (Wildman–Crippen LogP) is 1.53. The molecule has 2 atom stereocenters. The van der Waals surface area contributed by atoms with Gasteiger partial charge in [-0.1, -0.05) is 6.92 Å². The Morgan fingerprint density at radius 1 is 1.16 bits per heavy atom. The van der Waals surface area contributed by atoms with Crippen LogP contribution in [0.5, 0.6) is 5.88 Å². The molecule has 0 aliphatic carbocycles. The molecule has 0 saturated carbocycles. The first-order valence-electron chi connectivity index (χ1n) is 12.6. The van der Waals surface area contributed by atoms with Gasteiger partial charge >= 0.3 is 11.7 Å². The van der Waals surface area contributed by atoms with Crippen LogP contribution in [0.4, 0.5) is 16.2 Å². The van der Waals surface area contributed by atoms with Gasteiger partial charge in [-0.05, 0) is 56.4 Å². The van der Waals surface area contributed by atoms with E-state index < -0.39 is 40.4 Å². The lowest BCUT2D eigenvalue weighted by molar-refractivity contribution is -0.159. The fourth-order valence-corrected chi connectivity index (χ4v) is 5.98. The summed E-state index contributed by atoms with van der Waals surface area (Å²) in [5, 5.41) is 10.7. The second-order valence-electron chi connectivity index (χ2n) is 10.2. The molecule has 12 nitrogen and oxygen atoms in total. The molecular weight excluding hydrogens is 492 g/mol. The quantitative estimate of drug-likeness (QED) is 0.457. The number of hydrogen-bond donors (Lipinski definition) is 2. The van der Waals surface area contributed by atoms with Crippen molar-refractivity contribution in [3.8, 4) is 5.88 Å². The molecule has 1 spiro atoms. The SMILES string of the molecule is CC[C@@H](C)n1c(O)c(C=Nc2ccc3c(c2)CC2(C(=O)N(C)C(=O)N(C)C2=O)[C@H]2CCCN32)c(=O)[nH]c1=O. The third kappa shape index (κ3) is 3.50. The number of hydrogen-bond acceptors (Lipinski definition) is 8. The summed E-state index contributed by atoms with van der Waals surface area (Å²) in [5.41, 5.74) is -0.993. The highest BCUT2D eigenvalue weighted by Crippen LogP contribution is 2.49. The summed E-state index contributed by atoms with van der Waals surface area (Å²) in [5.74, 6) is -1.49. The first kappa shape index (κ1) is 25.4. The number of imide groups is 2. The van der Waals surface area contributed by atoms with E-state index in [1.165, 1.54) is 20.3 Å². The van der Waals surface area contributed by atoms with Gasteiger partial charge < -0.3 is 10.0 Å². The average molecular weight is 523 g/mol. The second-order valence-corrected chi connectivity index (χ2v) is 10.2. The molecular formula is C26H30N6O6. The van der Waals surface area contributed by atoms with Gasteiger partial charge in [0, 0.05) is 38.6 Å². The van der Waals surface area contributed by atoms with Gasteiger partial charge in [0.25, 0.3) is 5.56 Å². The summed E-state index contributed by atoms with van der Waals surface area (Å²) in [6.45, 7) is 4.28. The van der Waals surface area contributed by atoms with E-state index in [0.717, 1.165) is 32.0 Å². The summed E-state index contributed by atoms with van der Waals surface area (Å²) >= 11 is 0. The normalized spacial score (nSPS) is 21.4. The maximum absolute atomic E-state index is 13.5. The number of carbonyl (C=O) groups excluding carboxylic acids is 3. The zero-order valence-corrected chi connectivity index (χ0v) is 21.7. The number of aliphatic imine (C=N–C) groups is 1. The van der Waals surface area contributed by atoms with Crippen LogP contribution in [0.2, 0.25) is 0 Å². The zero-order chi connectivity index (χ0) is 27.5. The van der Waals surface area contributed by atoms with Crippen molar-refractivity contribution in [3.05, 3.63) is 50.2 Å². The van der Waals surface area contributed by atoms with E-state index in [1.54, 1.807) is 19.1 Å². The number of benzene rings is 1. The van der Waals surface area contributed by atoms with Crippen molar-refractivity contribution in [2.45, 2.75) is 51.6 Å². The molecule has 38 heavy (non-hydrogen) atoms. The third-order valence-corrected chi connectivity index (χ3v) is 8.14. The van der Waals surface area contributed by atoms with Crippen molar-refractivity contribution < 1.29 is 19.5 Å². The van der Waals surface area contributed by atoms with Gasteiger partial charge in [0.1, 0.15) is 5.56 Å². The van der Waals surface area contributed by atoms with Crippen LogP contribution < -0.4 is 16.1 Å². The molecule has 1 aromatic heterocycles. The minimum atomic E-state index is -1.43. The van der Waals surface area contributed by atoms with Crippen molar-refractivity contribution in [1.82, 2.24) is 19.4 Å². The molecule has 4 amide bonds. The lowest BCUT2D eigenvalue weighted by Gasteiger charge is -2.50. The van der Waals surface area contributed by atoms with Crippen molar-refractivity contribution in [2.24, 2.45) is 10.4 Å². The molecule has 4 heterocycles. The molecule has 0 unspecified atom stereocenters. The summed E-state index contributed by atoms with van der Waals surface area (Å²) in [6, 6.07) is 4.02. The molecule has 5 rings (SSSR count). The number of urea groups is 1. The number of aromatic amines is 1. The number of anilines is 1. The number of carbonyl (C=O) groups is 3. The molecule has 1 aromatic carbocycles. The van der Waals surface area contributed by atoms with E-state index in [-0.39, 0.29) is 24.1 Å². The van der Waals surface area contributed by atoms with Crippen LogP contribution in [0.3, 0.4) is 0 Å². The van der Waals surface area contributed by atoms with Gasteiger partial charge in [0.2, 0.25) is 17.7 Å². The van der Waals surface area contributed by atoms with E-state index in [2.05, 4.69) is 14.9 Å². The van der Waals surface area contributed by atoms with Crippen molar-refractivity contribution in [2.75, 3.05) is 25.5 Å². The number of nitrogens with one attached hydrogen (secondary N) is 1. The minimum Gasteiger partial charge on any atom is -0.494 e. The summed E-state index contributed by atoms with van der Waals surface area (Å²) in [6.07, 6.45) is 3.33. The van der Waals surface area contributed by atoms with Gasteiger partial charge in [-0.15, -0.1) is 0 Å². The van der Waals surface area contributed by atoms with Crippen LogP contribution in [0.25, 0.3) is 0 Å². The van der Waals surface area contributed by atoms with Crippen molar-refractivity contribution in [3.63, 3.8) is 0 Å². The highest BCUT2D eigenvalue weighted by atomic mass is 16.3. The maximum atomic E-state index is 13.5. The number of aromatic hydroxyl groups is 1. The number of fused-ring (bicyclic) bond motifs is 4. The summed E-state index contributed by atoms with van der Waals surface area (Å²) in [4.78, 5) is 74.9. The molecule has 2 saturated heterocycles. The van der Waals surface area contributed by atoms with E-state index in [9.17, 15) is 29.1 Å². The lowest BCUT2D eigenvalue weighted by Crippen LogP contribution is -2.70. The molecule has 2 fully saturated rings. The van der Waals surface area contributed by atoms with Crippen LogP contribution in [0.1, 0.15) is 50.3 Å². The average Bonchev–Trinajstić information content (AvgIpc) is 3.40. The largest absolute Gasteiger partial charge is 0.494 e. The Balaban J connectivity index is 1.57. The van der Waals surface area contributed by atoms with E-state index in [0.29, 0.717) is 25.1 Å². The van der Waals surface area contributed by atoms with E-state index >= 15 is 0 Å². The fourth-order valence-electron chi connectivity index (χ4n) is 5.98. The van der Waals surface area contributed by atoms with Crippen molar-refractivity contribution >= 4 is 35.4 Å². The highest BCUT2D eigenvalue weighted by Gasteiger charge is 2.63. The number of amides is 4. The Hall–Kier alpha value is -4.22. The topological polar surface area (TPSA) is 148 Å². The van der Waals surface area contributed by atoms with E-state index in [4.69, 9.17) is 0 Å². The number of H-pyrrole nitrogens is 1. The molecule has 0 radical (unpaired) electrons. The van der Waals surface area contributed by atoms with Gasteiger partial charge in [-0.25, -0.2) is 9.59 Å². The number of nitrogens with zero attached hydrogens (tertiary/aromatic N) is 5. The van der Waals surface area contributed by atoms with Crippen LogP contribution in [0, 0.1) is 5.41 Å². The third-order valence-electron chi connectivity index (χ3n) is 8.14. The molecule has 12 heteroatoms. The molecule has 3 aliphatic heterocycles. The van der Waals surface area contributed by atoms with Crippen molar-refractivity contribution in [1.29, 1.82) is 0 Å². The minimum absolute atomic E-state index is 0.108. The summed E-state index contributed by atoms with van der Waals surface area (Å²) < 4.78 is 1.11. The van der Waals surface area contributed by atoms with Gasteiger partial charge in [0.05, 0.1) is 11.7 Å². The van der Waals surface area contributed by atoms with Crippen LogP contribution in [0.15, 0.2) is 32.8 Å². The standard InChI is InChI=1S/C26H30N6O6/c1-5-14(2)32-21(34)17(20(33)28-24(32)37)13-27-16-8-9-18-15(11-16)12-26(19-7-6-10-31(18)19)22(35)29(3)25(38)30(4)23(26)36/h8-9,11,13-14,19,34H,5-7,10,12H2,1-4H3,(H,28,33,37)/t14-,19-/m1/s1. The first-order valence-corrected chi connectivity index (χ1v) is 12.6. The van der Waals surface area contributed by atoms with Crippen LogP contribution in [-0.4, -0.2) is 75.2 Å². The molecule has 3 aliphatic rings. The molecule has 2 aromatic rings. The monoisotopic (exact) mass is 522 g/mol. The Bertz CT molecular complexity index is 1480. The smallest absolute Gasteiger partial charge is 0.332 e. The van der Waals surface area contributed by atoms with Gasteiger partial charge in [0.15, 0.2) is 5.41 Å². The number of rotatable bonds is 4. The number of barbiturate groups is 1. The van der Waals surface area contributed by atoms with Crippen LogP contribution in [-0.2, 0) is 16.0 Å². The molecule has 2 N–H and O–H groups in total. The fraction of sp³-hybridized carbons (Fsp3) is 0.462. The Morgan fingerprint density at radius 3 is 2.50 bits per heavy atom. The lowest BCUT2D eigenvalue weighted by atomic mass is 9.68. The first-order chi connectivity index (χ1) is 18.0. The Kier molecular flexibility index (Phi) is 6.00. The summed E-state index contributed by atoms with van der Waals surface area (Å²) in [7, 11) is 2.79. The maximum Gasteiger partial charge on any atom is 0.332 e. The van der Waals surface area contributed by atoms with E-state index in [1.807, 2.05) is 13.0 Å². The highest BCUT2D eigenvalue weighted by molar-refractivity contribution is 6.20. The Labute approximate surface area is 218 Å². The van der Waals surface area contributed by atoms with Gasteiger partial charge in [-0.3, -0.25) is 38.7 Å². The van der Waals surface area contributed by atoms with Crippen LogP contribution >= 0.6 is 0 Å². The zero-order valence-electron chi connectivity index (χ0n) is 21.7. The molecule has 0 bridgehead atoms. The number of aromatic nitrogens is 2. The Morgan fingerprint density at radius 2 is 1.84 bits per heavy atom. The molecule has 200 valence electrons.